The van der Waals surface area contributed by atoms with Gasteiger partial charge in [-0.05, 0) is 47.4 Å². The number of benzene rings is 1. The molecule has 2 N–H and O–H groups in total. The lowest BCUT2D eigenvalue weighted by Crippen LogP contribution is -2.40. The summed E-state index contributed by atoms with van der Waals surface area (Å²) in [5.74, 6) is 0.933. The summed E-state index contributed by atoms with van der Waals surface area (Å²) >= 11 is 0. The summed E-state index contributed by atoms with van der Waals surface area (Å²) < 4.78 is 6.25. The van der Waals surface area contributed by atoms with Gasteiger partial charge in [-0.3, -0.25) is 0 Å². The van der Waals surface area contributed by atoms with E-state index in [0.29, 0.717) is 6.54 Å². The lowest BCUT2D eigenvalue weighted by atomic mass is 9.80. The molecule has 1 aromatic rings. The van der Waals surface area contributed by atoms with Crippen molar-refractivity contribution in [1.82, 2.24) is 0 Å². The van der Waals surface area contributed by atoms with Gasteiger partial charge in [-0.1, -0.05) is 54.5 Å². The second kappa shape index (κ2) is 6.00. The van der Waals surface area contributed by atoms with Crippen LogP contribution in [0.3, 0.4) is 0 Å². The van der Waals surface area contributed by atoms with Gasteiger partial charge >= 0.3 is 0 Å². The first-order valence-electron chi connectivity index (χ1n) is 7.96. The maximum absolute atomic E-state index is 6.25. The van der Waals surface area contributed by atoms with Crippen LogP contribution in [0.2, 0.25) is 0 Å². The minimum Gasteiger partial charge on any atom is -0.486 e. The van der Waals surface area contributed by atoms with E-state index in [0.717, 1.165) is 12.2 Å². The largest absolute Gasteiger partial charge is 0.486 e. The molecule has 0 heterocycles. The van der Waals surface area contributed by atoms with Crippen LogP contribution in [0.4, 0.5) is 0 Å². The van der Waals surface area contributed by atoms with Crippen LogP contribution in [0.15, 0.2) is 18.2 Å². The maximum atomic E-state index is 6.25. The molecule has 0 aliphatic heterocycles. The van der Waals surface area contributed by atoms with Gasteiger partial charge < -0.3 is 10.5 Å². The summed E-state index contributed by atoms with van der Waals surface area (Å²) in [6.07, 6.45) is 0.897. The number of rotatable bonds is 4. The Balaban J connectivity index is 3.33. The van der Waals surface area contributed by atoms with E-state index in [1.165, 1.54) is 11.1 Å². The molecule has 0 aromatic heterocycles. The fourth-order valence-electron chi connectivity index (χ4n) is 2.07. The Labute approximate surface area is 131 Å². The third kappa shape index (κ3) is 4.74. The van der Waals surface area contributed by atoms with E-state index in [-0.39, 0.29) is 16.4 Å². The van der Waals surface area contributed by atoms with Crippen molar-refractivity contribution in [2.75, 3.05) is 6.54 Å². The average molecular weight is 291 g/mol. The first-order chi connectivity index (χ1) is 9.41. The van der Waals surface area contributed by atoms with E-state index in [1.807, 2.05) is 0 Å². The Morgan fingerprint density at radius 2 is 1.29 bits per heavy atom. The number of hydrogen-bond donors (Lipinski definition) is 1. The van der Waals surface area contributed by atoms with Crippen molar-refractivity contribution in [3.63, 3.8) is 0 Å². The standard InChI is InChI=1S/C19H33NO/c1-9-19(8,13-20)21-16-11-14(17(2,3)4)10-15(12-16)18(5,6)7/h10-12H,9,13,20H2,1-8H3. The fourth-order valence-corrected chi connectivity index (χ4v) is 2.07. The van der Waals surface area contributed by atoms with Crippen LogP contribution in [0.1, 0.15) is 72.9 Å². The van der Waals surface area contributed by atoms with Gasteiger partial charge in [0.1, 0.15) is 11.4 Å². The summed E-state index contributed by atoms with van der Waals surface area (Å²) in [4.78, 5) is 0. The Morgan fingerprint density at radius 3 is 1.57 bits per heavy atom. The Morgan fingerprint density at radius 1 is 0.857 bits per heavy atom. The number of hydrogen-bond acceptors (Lipinski definition) is 2. The quantitative estimate of drug-likeness (QED) is 0.865. The van der Waals surface area contributed by atoms with Gasteiger partial charge in [0.25, 0.3) is 0 Å². The maximum Gasteiger partial charge on any atom is 0.120 e. The van der Waals surface area contributed by atoms with Crippen LogP contribution in [-0.4, -0.2) is 12.1 Å². The molecule has 0 radical (unpaired) electrons. The Bertz CT molecular complexity index is 441. The van der Waals surface area contributed by atoms with E-state index in [9.17, 15) is 0 Å². The molecule has 0 aliphatic rings. The summed E-state index contributed by atoms with van der Waals surface area (Å²) in [5.41, 5.74) is 8.40. The highest BCUT2D eigenvalue weighted by atomic mass is 16.5. The van der Waals surface area contributed by atoms with Gasteiger partial charge in [0, 0.05) is 6.54 Å². The van der Waals surface area contributed by atoms with Crippen molar-refractivity contribution in [3.05, 3.63) is 29.3 Å². The topological polar surface area (TPSA) is 35.2 Å². The van der Waals surface area contributed by atoms with E-state index in [2.05, 4.69) is 73.6 Å². The molecule has 0 aliphatic carbocycles. The van der Waals surface area contributed by atoms with Crippen molar-refractivity contribution in [1.29, 1.82) is 0 Å². The molecule has 0 spiro atoms. The summed E-state index contributed by atoms with van der Waals surface area (Å²) in [6, 6.07) is 6.64. The van der Waals surface area contributed by atoms with E-state index < -0.39 is 0 Å². The second-order valence-electron chi connectivity index (χ2n) is 8.36. The van der Waals surface area contributed by atoms with Gasteiger partial charge in [-0.2, -0.15) is 0 Å². The monoisotopic (exact) mass is 291 g/mol. The van der Waals surface area contributed by atoms with Crippen molar-refractivity contribution in [3.8, 4) is 5.75 Å². The molecular formula is C19H33NO. The third-order valence-electron chi connectivity index (χ3n) is 4.18. The summed E-state index contributed by atoms with van der Waals surface area (Å²) in [6.45, 7) is 18.1. The Kier molecular flexibility index (Phi) is 5.15. The minimum absolute atomic E-state index is 0.102. The highest BCUT2D eigenvalue weighted by Crippen LogP contribution is 2.34. The second-order valence-corrected chi connectivity index (χ2v) is 8.36. The molecule has 21 heavy (non-hydrogen) atoms. The first-order valence-corrected chi connectivity index (χ1v) is 7.96. The van der Waals surface area contributed by atoms with Crippen molar-refractivity contribution < 1.29 is 4.74 Å². The summed E-state index contributed by atoms with van der Waals surface area (Å²) in [5, 5.41) is 0. The molecule has 0 amide bonds. The highest BCUT2D eigenvalue weighted by molar-refractivity contribution is 5.40. The molecule has 1 atom stereocenters. The van der Waals surface area contributed by atoms with Crippen molar-refractivity contribution in [2.45, 2.75) is 78.2 Å². The zero-order valence-corrected chi connectivity index (χ0v) is 15.1. The van der Waals surface area contributed by atoms with Crippen LogP contribution >= 0.6 is 0 Å². The van der Waals surface area contributed by atoms with Gasteiger partial charge in [-0.25, -0.2) is 0 Å². The number of nitrogens with two attached hydrogens (primary N) is 1. The molecule has 0 saturated heterocycles. The molecule has 0 saturated carbocycles. The van der Waals surface area contributed by atoms with Gasteiger partial charge in [0.15, 0.2) is 0 Å². The van der Waals surface area contributed by atoms with E-state index >= 15 is 0 Å². The lowest BCUT2D eigenvalue weighted by Gasteiger charge is -2.31. The van der Waals surface area contributed by atoms with Crippen LogP contribution in [0, 0.1) is 0 Å². The molecule has 2 heteroatoms. The molecule has 0 fully saturated rings. The minimum atomic E-state index is -0.300. The zero-order valence-electron chi connectivity index (χ0n) is 15.1. The predicted octanol–water partition coefficient (Wildman–Crippen LogP) is 4.79. The normalized spacial score (nSPS) is 15.7. The smallest absolute Gasteiger partial charge is 0.120 e. The zero-order chi connectivity index (χ0) is 16.5. The highest BCUT2D eigenvalue weighted by Gasteiger charge is 2.25. The molecule has 120 valence electrons. The third-order valence-corrected chi connectivity index (χ3v) is 4.18. The van der Waals surface area contributed by atoms with Gasteiger partial charge in [0.05, 0.1) is 0 Å². The Hall–Kier alpha value is -1.02. The predicted molar refractivity (Wildman–Crippen MR) is 92.2 cm³/mol. The van der Waals surface area contributed by atoms with Gasteiger partial charge in [0.2, 0.25) is 0 Å². The molecular weight excluding hydrogens is 258 g/mol. The van der Waals surface area contributed by atoms with Crippen LogP contribution in [-0.2, 0) is 10.8 Å². The molecule has 1 rings (SSSR count). The molecule has 0 bridgehead atoms. The van der Waals surface area contributed by atoms with Crippen LogP contribution < -0.4 is 10.5 Å². The van der Waals surface area contributed by atoms with Gasteiger partial charge in [-0.15, -0.1) is 0 Å². The average Bonchev–Trinajstić information content (AvgIpc) is 2.36. The molecule has 2 nitrogen and oxygen atoms in total. The fraction of sp³-hybridized carbons (Fsp3) is 0.684. The molecule has 1 aromatic carbocycles. The van der Waals surface area contributed by atoms with E-state index in [4.69, 9.17) is 10.5 Å². The summed E-state index contributed by atoms with van der Waals surface area (Å²) in [7, 11) is 0. The van der Waals surface area contributed by atoms with E-state index in [1.54, 1.807) is 0 Å². The van der Waals surface area contributed by atoms with Crippen LogP contribution in [0.25, 0.3) is 0 Å². The molecule has 1 unspecified atom stereocenters. The number of ether oxygens (including phenoxy) is 1. The lowest BCUT2D eigenvalue weighted by molar-refractivity contribution is 0.0931. The van der Waals surface area contributed by atoms with Crippen molar-refractivity contribution in [2.24, 2.45) is 5.73 Å². The van der Waals surface area contributed by atoms with Crippen LogP contribution in [0.5, 0.6) is 5.75 Å². The van der Waals surface area contributed by atoms with Crippen molar-refractivity contribution >= 4 is 0 Å². The first kappa shape index (κ1) is 18.0. The SMILES string of the molecule is CCC(C)(CN)Oc1cc(C(C)(C)C)cc(C(C)(C)C)c1.